The van der Waals surface area contributed by atoms with Gasteiger partial charge >= 0.3 is 0 Å². The number of benzene rings is 1. The number of halogens is 1. The number of hydrogen-bond donors (Lipinski definition) is 1. The van der Waals surface area contributed by atoms with E-state index in [-0.39, 0.29) is 0 Å². The van der Waals surface area contributed by atoms with Crippen LogP contribution in [0.3, 0.4) is 0 Å². The van der Waals surface area contributed by atoms with E-state index in [0.29, 0.717) is 0 Å². The summed E-state index contributed by atoms with van der Waals surface area (Å²) in [5.74, 6) is 0.721. The van der Waals surface area contributed by atoms with Gasteiger partial charge in [0.1, 0.15) is 5.82 Å². The van der Waals surface area contributed by atoms with Crippen molar-refractivity contribution in [1.29, 1.82) is 0 Å². The monoisotopic (exact) mass is 279 g/mol. The fourth-order valence-electron chi connectivity index (χ4n) is 1.58. The predicted molar refractivity (Wildman–Crippen MR) is 69.8 cm³/mol. The van der Waals surface area contributed by atoms with Gasteiger partial charge in [0.15, 0.2) is 0 Å². The highest BCUT2D eigenvalue weighted by atomic mass is 79.9. The van der Waals surface area contributed by atoms with Crippen LogP contribution in [-0.2, 0) is 6.42 Å². The number of nitrogens with zero attached hydrogens (tertiary/aromatic N) is 2. The Morgan fingerprint density at radius 3 is 2.75 bits per heavy atom. The maximum absolute atomic E-state index is 6.02. The van der Waals surface area contributed by atoms with Gasteiger partial charge in [-0.2, -0.15) is 5.10 Å². The molecule has 0 atom stereocenters. The Balaban J connectivity index is 2.50. The molecule has 1 heterocycles. The van der Waals surface area contributed by atoms with E-state index < -0.39 is 0 Å². The van der Waals surface area contributed by atoms with E-state index in [0.717, 1.165) is 28.0 Å². The number of aromatic nitrogens is 2. The fraction of sp³-hybridized carbons (Fsp3) is 0.250. The van der Waals surface area contributed by atoms with Gasteiger partial charge in [-0.05, 0) is 31.0 Å². The van der Waals surface area contributed by atoms with Crippen LogP contribution < -0.4 is 5.73 Å². The lowest BCUT2D eigenvalue weighted by atomic mass is 10.2. The second kappa shape index (κ2) is 4.29. The predicted octanol–water partition coefficient (Wildman–Crippen LogP) is 3.09. The summed E-state index contributed by atoms with van der Waals surface area (Å²) < 4.78 is 2.83. The molecule has 1 aromatic heterocycles. The molecule has 0 bridgehead atoms. The van der Waals surface area contributed by atoms with Crippen molar-refractivity contribution in [2.75, 3.05) is 5.73 Å². The van der Waals surface area contributed by atoms with Gasteiger partial charge in [-0.15, -0.1) is 0 Å². The summed E-state index contributed by atoms with van der Waals surface area (Å²) in [6, 6.07) is 6.09. The van der Waals surface area contributed by atoms with E-state index in [1.54, 1.807) is 4.68 Å². The lowest BCUT2D eigenvalue weighted by molar-refractivity contribution is 0.889. The fourth-order valence-corrected chi connectivity index (χ4v) is 1.95. The van der Waals surface area contributed by atoms with Crippen LogP contribution in [0.2, 0.25) is 0 Å². The SMILES string of the molecule is CCc1cnn(-c2ccc(C)c(Br)c2)c1N. The summed E-state index contributed by atoms with van der Waals surface area (Å²) in [7, 11) is 0. The Labute approximate surface area is 103 Å². The molecule has 16 heavy (non-hydrogen) atoms. The van der Waals surface area contributed by atoms with Crippen molar-refractivity contribution in [1.82, 2.24) is 9.78 Å². The number of anilines is 1. The standard InChI is InChI=1S/C12H14BrN3/c1-3-9-7-15-16(12(9)14)10-5-4-8(2)11(13)6-10/h4-7H,3,14H2,1-2H3. The van der Waals surface area contributed by atoms with E-state index in [9.17, 15) is 0 Å². The highest BCUT2D eigenvalue weighted by Crippen LogP contribution is 2.22. The van der Waals surface area contributed by atoms with Gasteiger partial charge in [-0.3, -0.25) is 0 Å². The van der Waals surface area contributed by atoms with Gasteiger partial charge in [0, 0.05) is 10.0 Å². The molecule has 3 nitrogen and oxygen atoms in total. The van der Waals surface area contributed by atoms with Crippen LogP contribution in [-0.4, -0.2) is 9.78 Å². The zero-order chi connectivity index (χ0) is 11.7. The summed E-state index contributed by atoms with van der Waals surface area (Å²) >= 11 is 3.51. The normalized spacial score (nSPS) is 10.7. The Morgan fingerprint density at radius 1 is 1.44 bits per heavy atom. The number of rotatable bonds is 2. The molecule has 0 radical (unpaired) electrons. The quantitative estimate of drug-likeness (QED) is 0.918. The average Bonchev–Trinajstić information content (AvgIpc) is 2.64. The van der Waals surface area contributed by atoms with Crippen LogP contribution in [0.1, 0.15) is 18.1 Å². The van der Waals surface area contributed by atoms with Crippen molar-refractivity contribution in [2.24, 2.45) is 0 Å². The van der Waals surface area contributed by atoms with Crippen LogP contribution in [0.15, 0.2) is 28.9 Å². The molecule has 0 amide bonds. The second-order valence-electron chi connectivity index (χ2n) is 3.75. The minimum Gasteiger partial charge on any atom is -0.383 e. The molecule has 4 heteroatoms. The molecule has 2 aromatic rings. The van der Waals surface area contributed by atoms with E-state index in [2.05, 4.69) is 34.9 Å². The topological polar surface area (TPSA) is 43.8 Å². The molecule has 2 rings (SSSR count). The smallest absolute Gasteiger partial charge is 0.130 e. The highest BCUT2D eigenvalue weighted by Gasteiger charge is 2.08. The minimum absolute atomic E-state index is 0.721. The largest absolute Gasteiger partial charge is 0.383 e. The van der Waals surface area contributed by atoms with Crippen molar-refractivity contribution in [3.05, 3.63) is 40.0 Å². The third-order valence-electron chi connectivity index (χ3n) is 2.67. The van der Waals surface area contributed by atoms with E-state index in [1.807, 2.05) is 24.4 Å². The van der Waals surface area contributed by atoms with E-state index in [1.165, 1.54) is 5.56 Å². The van der Waals surface area contributed by atoms with Crippen LogP contribution >= 0.6 is 15.9 Å². The molecular weight excluding hydrogens is 266 g/mol. The average molecular weight is 280 g/mol. The maximum atomic E-state index is 6.02. The van der Waals surface area contributed by atoms with E-state index >= 15 is 0 Å². The van der Waals surface area contributed by atoms with Crippen molar-refractivity contribution in [2.45, 2.75) is 20.3 Å². The van der Waals surface area contributed by atoms with Gasteiger partial charge in [0.2, 0.25) is 0 Å². The summed E-state index contributed by atoms with van der Waals surface area (Å²) in [5.41, 5.74) is 9.28. The third kappa shape index (κ3) is 1.85. The lowest BCUT2D eigenvalue weighted by Crippen LogP contribution is -2.03. The number of nitrogens with two attached hydrogens (primary N) is 1. The first-order valence-electron chi connectivity index (χ1n) is 5.22. The molecule has 2 N–H and O–H groups in total. The first-order chi connectivity index (χ1) is 7.63. The minimum atomic E-state index is 0.721. The van der Waals surface area contributed by atoms with Gasteiger partial charge in [0.25, 0.3) is 0 Å². The molecule has 0 aliphatic heterocycles. The van der Waals surface area contributed by atoms with Crippen molar-refractivity contribution >= 4 is 21.7 Å². The summed E-state index contributed by atoms with van der Waals surface area (Å²) in [6.07, 6.45) is 2.72. The molecule has 0 aliphatic rings. The molecule has 0 saturated carbocycles. The number of aryl methyl sites for hydroxylation is 2. The maximum Gasteiger partial charge on any atom is 0.130 e. The second-order valence-corrected chi connectivity index (χ2v) is 4.61. The summed E-state index contributed by atoms with van der Waals surface area (Å²) in [5, 5.41) is 4.30. The van der Waals surface area contributed by atoms with Gasteiger partial charge in [-0.1, -0.05) is 28.9 Å². The van der Waals surface area contributed by atoms with Gasteiger partial charge in [0.05, 0.1) is 11.9 Å². The van der Waals surface area contributed by atoms with Crippen LogP contribution in [0.4, 0.5) is 5.82 Å². The molecular formula is C12H14BrN3. The number of hydrogen-bond acceptors (Lipinski definition) is 2. The molecule has 0 saturated heterocycles. The Hall–Kier alpha value is -1.29. The van der Waals surface area contributed by atoms with Gasteiger partial charge < -0.3 is 5.73 Å². The van der Waals surface area contributed by atoms with Gasteiger partial charge in [-0.25, -0.2) is 4.68 Å². The van der Waals surface area contributed by atoms with E-state index in [4.69, 9.17) is 5.73 Å². The molecule has 0 unspecified atom stereocenters. The van der Waals surface area contributed by atoms with Crippen LogP contribution in [0, 0.1) is 6.92 Å². The zero-order valence-electron chi connectivity index (χ0n) is 9.37. The first-order valence-corrected chi connectivity index (χ1v) is 6.01. The van der Waals surface area contributed by atoms with Crippen LogP contribution in [0.5, 0.6) is 0 Å². The highest BCUT2D eigenvalue weighted by molar-refractivity contribution is 9.10. The summed E-state index contributed by atoms with van der Waals surface area (Å²) in [6.45, 7) is 4.13. The van der Waals surface area contributed by atoms with Crippen molar-refractivity contribution in [3.8, 4) is 5.69 Å². The van der Waals surface area contributed by atoms with Crippen LogP contribution in [0.25, 0.3) is 5.69 Å². The van der Waals surface area contributed by atoms with Crippen molar-refractivity contribution in [3.63, 3.8) is 0 Å². The molecule has 0 fully saturated rings. The molecule has 1 aromatic carbocycles. The third-order valence-corrected chi connectivity index (χ3v) is 3.52. The Morgan fingerprint density at radius 2 is 2.19 bits per heavy atom. The Bertz CT molecular complexity index is 517. The van der Waals surface area contributed by atoms with Crippen molar-refractivity contribution < 1.29 is 0 Å². The summed E-state index contributed by atoms with van der Waals surface area (Å²) in [4.78, 5) is 0. The lowest BCUT2D eigenvalue weighted by Gasteiger charge is -2.06. The first kappa shape index (κ1) is 11.2. The molecule has 84 valence electrons. The Kier molecular flexibility index (Phi) is 3.01. The molecule has 0 aliphatic carbocycles. The number of nitrogen functional groups attached to an aromatic ring is 1. The molecule has 0 spiro atoms. The zero-order valence-corrected chi connectivity index (χ0v) is 11.0.